The van der Waals surface area contributed by atoms with Crippen LogP contribution in [-0.4, -0.2) is 92.7 Å². The molecule has 0 saturated carbocycles. The zero-order valence-corrected chi connectivity index (χ0v) is 22.4. The maximum Gasteiger partial charge on any atom is 0.326 e. The molecular weight excluding hydrogens is 540 g/mol. The molecule has 1 aromatic carbocycles. The number of aromatic amines is 1. The first kappa shape index (κ1) is 32.5. The molecule has 16 heteroatoms. The second kappa shape index (κ2) is 15.2. The van der Waals surface area contributed by atoms with Crippen LogP contribution in [0.4, 0.5) is 0 Å². The molecule has 0 fully saturated rings. The van der Waals surface area contributed by atoms with Gasteiger partial charge in [-0.2, -0.15) is 0 Å². The molecule has 1 aromatic heterocycles. The van der Waals surface area contributed by atoms with Gasteiger partial charge in [0.1, 0.15) is 18.1 Å². The minimum atomic E-state index is -1.67. The smallest absolute Gasteiger partial charge is 0.326 e. The third-order valence-corrected chi connectivity index (χ3v) is 6.09. The van der Waals surface area contributed by atoms with Crippen LogP contribution in [0.15, 0.2) is 35.5 Å². The summed E-state index contributed by atoms with van der Waals surface area (Å²) in [7, 11) is 0. The number of para-hydroxylation sites is 1. The molecule has 0 aliphatic heterocycles. The number of H-pyrrole nitrogens is 1. The summed E-state index contributed by atoms with van der Waals surface area (Å²) in [4.78, 5) is 68.4. The molecular formula is C25H36N8O8. The Bertz CT molecular complexity index is 1270. The summed E-state index contributed by atoms with van der Waals surface area (Å²) >= 11 is 0. The van der Waals surface area contributed by atoms with Crippen molar-refractivity contribution >= 4 is 46.5 Å². The van der Waals surface area contributed by atoms with Crippen molar-refractivity contribution in [2.24, 2.45) is 22.2 Å². The fraction of sp³-hybridized carbons (Fsp3) is 0.440. The zero-order valence-electron chi connectivity index (χ0n) is 22.4. The van der Waals surface area contributed by atoms with Crippen LogP contribution >= 0.6 is 0 Å². The summed E-state index contributed by atoms with van der Waals surface area (Å²) < 4.78 is 0. The number of hydrogen-bond donors (Lipinski definition) is 10. The molecule has 0 aliphatic carbocycles. The summed E-state index contributed by atoms with van der Waals surface area (Å²) in [5.74, 6) is -5.94. The highest BCUT2D eigenvalue weighted by Gasteiger charge is 2.33. The maximum absolute atomic E-state index is 13.0. The van der Waals surface area contributed by atoms with Crippen LogP contribution in [0.25, 0.3) is 10.9 Å². The van der Waals surface area contributed by atoms with E-state index in [1.807, 2.05) is 24.3 Å². The number of nitrogens with one attached hydrogen (secondary N) is 4. The highest BCUT2D eigenvalue weighted by molar-refractivity contribution is 5.96. The third kappa shape index (κ3) is 10.1. The number of carbonyl (C=O) groups is 5. The molecule has 0 aliphatic rings. The van der Waals surface area contributed by atoms with Gasteiger partial charge in [-0.3, -0.25) is 24.2 Å². The van der Waals surface area contributed by atoms with Crippen molar-refractivity contribution in [1.29, 1.82) is 0 Å². The number of carboxylic acid groups (broad SMARTS) is 2. The van der Waals surface area contributed by atoms with Crippen LogP contribution in [0.5, 0.6) is 0 Å². The monoisotopic (exact) mass is 576 g/mol. The Morgan fingerprint density at radius 3 is 2.24 bits per heavy atom. The SMILES string of the molecule is CC(O)C(NC(=O)C(CC(=O)O)NC(=O)C(N)Cc1c[nH]c2ccccc12)C(=O)NC(CCCN=C(N)N)C(=O)O. The van der Waals surface area contributed by atoms with E-state index < -0.39 is 66.4 Å². The van der Waals surface area contributed by atoms with Gasteiger partial charge in [-0.25, -0.2) is 4.79 Å². The number of fused-ring (bicyclic) bond motifs is 1. The third-order valence-electron chi connectivity index (χ3n) is 6.09. The highest BCUT2D eigenvalue weighted by atomic mass is 16.4. The minimum Gasteiger partial charge on any atom is -0.481 e. The van der Waals surface area contributed by atoms with Crippen LogP contribution in [0.1, 0.15) is 31.7 Å². The van der Waals surface area contributed by atoms with Gasteiger partial charge in [0.25, 0.3) is 0 Å². The molecule has 1 heterocycles. The predicted octanol–water partition coefficient (Wildman–Crippen LogP) is -2.51. The summed E-state index contributed by atoms with van der Waals surface area (Å²) in [6.45, 7) is 1.28. The average Bonchev–Trinajstić information content (AvgIpc) is 3.30. The lowest BCUT2D eigenvalue weighted by atomic mass is 10.0. The summed E-state index contributed by atoms with van der Waals surface area (Å²) in [5.41, 5.74) is 18.1. The molecule has 16 nitrogen and oxygen atoms in total. The minimum absolute atomic E-state index is 0.0651. The first-order valence-corrected chi connectivity index (χ1v) is 12.7. The van der Waals surface area contributed by atoms with E-state index in [0.717, 1.165) is 16.5 Å². The van der Waals surface area contributed by atoms with Gasteiger partial charge >= 0.3 is 11.9 Å². The number of aliphatic imine (C=N–C) groups is 1. The van der Waals surface area contributed by atoms with E-state index in [-0.39, 0.29) is 31.8 Å². The molecule has 0 saturated heterocycles. The fourth-order valence-corrected chi connectivity index (χ4v) is 3.97. The van der Waals surface area contributed by atoms with Crippen molar-refractivity contribution in [2.45, 2.75) is 62.9 Å². The van der Waals surface area contributed by atoms with E-state index in [4.69, 9.17) is 17.2 Å². The lowest BCUT2D eigenvalue weighted by Gasteiger charge is -2.26. The standard InChI is InChI=1S/C25H36N8O8/c1-12(34)20(23(39)31-17(24(40)41)7-4-8-29-25(27)28)33-22(38)18(10-19(35)36)32-21(37)15(26)9-13-11-30-16-6-3-2-5-14(13)16/h2-3,5-6,11-12,15,17-18,20,30,34H,4,7-10,26H2,1H3,(H,31,39)(H,32,37)(H,33,38)(H,35,36)(H,40,41)(H4,27,28,29). The van der Waals surface area contributed by atoms with Crippen molar-refractivity contribution in [1.82, 2.24) is 20.9 Å². The number of hydrogen-bond acceptors (Lipinski definition) is 8. The predicted molar refractivity (Wildman–Crippen MR) is 147 cm³/mol. The van der Waals surface area contributed by atoms with Gasteiger partial charge in [0, 0.05) is 23.6 Å². The Morgan fingerprint density at radius 1 is 0.976 bits per heavy atom. The Balaban J connectivity index is 2.08. The first-order valence-electron chi connectivity index (χ1n) is 12.7. The topological polar surface area (TPSA) is 288 Å². The zero-order chi connectivity index (χ0) is 30.7. The fourth-order valence-electron chi connectivity index (χ4n) is 3.97. The van der Waals surface area contributed by atoms with Gasteiger partial charge in [-0.05, 0) is 37.8 Å². The summed E-state index contributed by atoms with van der Waals surface area (Å²) in [6, 6.07) is 1.47. The largest absolute Gasteiger partial charge is 0.481 e. The average molecular weight is 577 g/mol. The number of aliphatic carboxylic acids is 2. The van der Waals surface area contributed by atoms with E-state index in [9.17, 15) is 39.3 Å². The van der Waals surface area contributed by atoms with E-state index in [1.54, 1.807) is 6.20 Å². The normalized spacial score (nSPS) is 14.6. The van der Waals surface area contributed by atoms with Gasteiger partial charge in [0.2, 0.25) is 17.7 Å². The van der Waals surface area contributed by atoms with Crippen molar-refractivity contribution in [3.05, 3.63) is 36.0 Å². The molecule has 0 bridgehead atoms. The molecule has 5 atom stereocenters. The molecule has 41 heavy (non-hydrogen) atoms. The van der Waals surface area contributed by atoms with Crippen molar-refractivity contribution in [3.63, 3.8) is 0 Å². The van der Waals surface area contributed by atoms with E-state index in [1.165, 1.54) is 6.92 Å². The van der Waals surface area contributed by atoms with Crippen LogP contribution in [0.3, 0.4) is 0 Å². The molecule has 224 valence electrons. The van der Waals surface area contributed by atoms with E-state index in [0.29, 0.717) is 0 Å². The lowest BCUT2D eigenvalue weighted by Crippen LogP contribution is -2.60. The van der Waals surface area contributed by atoms with Crippen molar-refractivity contribution in [3.8, 4) is 0 Å². The number of benzene rings is 1. The number of carbonyl (C=O) groups excluding carboxylic acids is 3. The Kier molecular flexibility index (Phi) is 12.0. The van der Waals surface area contributed by atoms with Crippen molar-refractivity contribution in [2.75, 3.05) is 6.54 Å². The number of carboxylic acids is 2. The number of rotatable bonds is 16. The van der Waals surface area contributed by atoms with Gasteiger partial charge < -0.3 is 53.5 Å². The quantitative estimate of drug-likeness (QED) is 0.0565. The molecule has 2 rings (SSSR count). The Hall–Kier alpha value is -4.70. The van der Waals surface area contributed by atoms with Crippen LogP contribution in [0.2, 0.25) is 0 Å². The van der Waals surface area contributed by atoms with Gasteiger partial charge in [0.05, 0.1) is 18.6 Å². The summed E-state index contributed by atoms with van der Waals surface area (Å²) in [6.07, 6.45) is -0.461. The molecule has 2 aromatic rings. The highest BCUT2D eigenvalue weighted by Crippen LogP contribution is 2.18. The second-order valence-corrected chi connectivity index (χ2v) is 9.40. The molecule has 3 amide bonds. The number of amides is 3. The van der Waals surface area contributed by atoms with Gasteiger partial charge in [-0.15, -0.1) is 0 Å². The molecule has 0 radical (unpaired) electrons. The first-order chi connectivity index (χ1) is 19.3. The Labute approximate surface area is 234 Å². The van der Waals surface area contributed by atoms with E-state index in [2.05, 4.69) is 25.9 Å². The van der Waals surface area contributed by atoms with E-state index >= 15 is 0 Å². The van der Waals surface area contributed by atoms with Gasteiger partial charge in [0.15, 0.2) is 5.96 Å². The van der Waals surface area contributed by atoms with Crippen molar-refractivity contribution < 1.29 is 39.3 Å². The second-order valence-electron chi connectivity index (χ2n) is 9.40. The van der Waals surface area contributed by atoms with Crippen LogP contribution in [-0.2, 0) is 30.4 Å². The number of nitrogens with zero attached hydrogens (tertiary/aromatic N) is 1. The van der Waals surface area contributed by atoms with Crippen LogP contribution < -0.4 is 33.2 Å². The van der Waals surface area contributed by atoms with Crippen LogP contribution in [0, 0.1) is 0 Å². The number of nitrogens with two attached hydrogens (primary N) is 3. The number of aromatic nitrogens is 1. The lowest BCUT2D eigenvalue weighted by molar-refractivity contribution is -0.144. The molecule has 5 unspecified atom stereocenters. The number of guanidine groups is 1. The Morgan fingerprint density at radius 2 is 1.63 bits per heavy atom. The number of aliphatic hydroxyl groups is 1. The maximum atomic E-state index is 13.0. The number of aliphatic hydroxyl groups excluding tert-OH is 1. The summed E-state index contributed by atoms with van der Waals surface area (Å²) in [5, 5.41) is 36.4. The molecule has 0 spiro atoms. The molecule has 13 N–H and O–H groups in total. The van der Waals surface area contributed by atoms with Gasteiger partial charge in [-0.1, -0.05) is 18.2 Å².